The molecule has 0 amide bonds. The van der Waals surface area contributed by atoms with Gasteiger partial charge in [-0.2, -0.15) is 13.2 Å². The molecule has 0 spiro atoms. The molecule has 2 nitrogen and oxygen atoms in total. The Labute approximate surface area is 111 Å². The van der Waals surface area contributed by atoms with Gasteiger partial charge in [-0.25, -0.2) is 0 Å². The molecule has 106 valence electrons. The molecule has 0 unspecified atom stereocenters. The standard InChI is InChI=1S/C14H18F3NO/c1-18-10-9-13(7-2-8-13)19-12-5-3-11(4-6-12)14(15,16)17/h3-6,18H,2,7-10H2,1H3. The SMILES string of the molecule is CNCCC1(Oc2ccc(C(F)(F)F)cc2)CCC1. The summed E-state index contributed by atoms with van der Waals surface area (Å²) >= 11 is 0. The molecule has 0 saturated heterocycles. The van der Waals surface area contributed by atoms with Gasteiger partial charge in [-0.05, 0) is 63.5 Å². The summed E-state index contributed by atoms with van der Waals surface area (Å²) in [5, 5.41) is 3.08. The normalized spacial score (nSPS) is 17.9. The molecule has 1 aliphatic rings. The number of hydrogen-bond donors (Lipinski definition) is 1. The van der Waals surface area contributed by atoms with E-state index in [9.17, 15) is 13.2 Å². The zero-order valence-electron chi connectivity index (χ0n) is 10.9. The third-order valence-corrected chi connectivity index (χ3v) is 3.61. The highest BCUT2D eigenvalue weighted by Gasteiger charge is 2.39. The first kappa shape index (κ1) is 14.2. The van der Waals surface area contributed by atoms with Crippen LogP contribution in [-0.4, -0.2) is 19.2 Å². The molecular formula is C14H18F3NO. The fourth-order valence-electron chi connectivity index (χ4n) is 2.29. The molecular weight excluding hydrogens is 255 g/mol. The molecule has 5 heteroatoms. The Bertz CT molecular complexity index is 410. The molecule has 1 saturated carbocycles. The minimum Gasteiger partial charge on any atom is -0.487 e. The second-order valence-corrected chi connectivity index (χ2v) is 5.01. The van der Waals surface area contributed by atoms with Crippen LogP contribution in [0.15, 0.2) is 24.3 Å². The Hall–Kier alpha value is -1.23. The van der Waals surface area contributed by atoms with Gasteiger partial charge in [0.1, 0.15) is 11.4 Å². The average Bonchev–Trinajstić information content (AvgIpc) is 2.32. The first-order valence-electron chi connectivity index (χ1n) is 6.46. The van der Waals surface area contributed by atoms with Gasteiger partial charge in [0.05, 0.1) is 5.56 Å². The first-order chi connectivity index (χ1) is 8.95. The Kier molecular flexibility index (Phi) is 4.04. The predicted octanol–water partition coefficient (Wildman–Crippen LogP) is 3.62. The summed E-state index contributed by atoms with van der Waals surface area (Å²) in [7, 11) is 1.88. The number of nitrogens with one attached hydrogen (secondary N) is 1. The lowest BCUT2D eigenvalue weighted by molar-refractivity contribution is -0.137. The molecule has 0 heterocycles. The van der Waals surface area contributed by atoms with E-state index in [0.29, 0.717) is 5.75 Å². The zero-order chi connectivity index (χ0) is 13.9. The zero-order valence-corrected chi connectivity index (χ0v) is 10.9. The fraction of sp³-hybridized carbons (Fsp3) is 0.571. The molecule has 1 aliphatic carbocycles. The van der Waals surface area contributed by atoms with Crippen molar-refractivity contribution in [2.75, 3.05) is 13.6 Å². The van der Waals surface area contributed by atoms with Gasteiger partial charge in [-0.3, -0.25) is 0 Å². The predicted molar refractivity (Wildman–Crippen MR) is 67.2 cm³/mol. The van der Waals surface area contributed by atoms with Gasteiger partial charge in [0.15, 0.2) is 0 Å². The van der Waals surface area contributed by atoms with Crippen molar-refractivity contribution in [1.82, 2.24) is 5.32 Å². The first-order valence-corrected chi connectivity index (χ1v) is 6.46. The maximum absolute atomic E-state index is 12.5. The van der Waals surface area contributed by atoms with Gasteiger partial charge in [0, 0.05) is 0 Å². The maximum atomic E-state index is 12.5. The molecule has 2 rings (SSSR count). The van der Waals surface area contributed by atoms with Crippen molar-refractivity contribution in [2.24, 2.45) is 0 Å². The lowest BCUT2D eigenvalue weighted by Crippen LogP contribution is -2.45. The summed E-state index contributed by atoms with van der Waals surface area (Å²) in [6.07, 6.45) is -0.362. The largest absolute Gasteiger partial charge is 0.487 e. The molecule has 0 radical (unpaired) electrons. The summed E-state index contributed by atoms with van der Waals surface area (Å²) in [4.78, 5) is 0. The summed E-state index contributed by atoms with van der Waals surface area (Å²) in [5.41, 5.74) is -0.833. The van der Waals surface area contributed by atoms with Crippen LogP contribution >= 0.6 is 0 Å². The second kappa shape index (κ2) is 5.41. The van der Waals surface area contributed by atoms with Crippen LogP contribution in [0.1, 0.15) is 31.2 Å². The van der Waals surface area contributed by atoms with E-state index in [4.69, 9.17) is 4.74 Å². The molecule has 19 heavy (non-hydrogen) atoms. The van der Waals surface area contributed by atoms with Gasteiger partial charge in [-0.1, -0.05) is 0 Å². The van der Waals surface area contributed by atoms with Crippen LogP contribution < -0.4 is 10.1 Å². The molecule has 0 bridgehead atoms. The number of benzene rings is 1. The lowest BCUT2D eigenvalue weighted by Gasteiger charge is -2.42. The van der Waals surface area contributed by atoms with Crippen LogP contribution in [0.5, 0.6) is 5.75 Å². The molecule has 0 aromatic heterocycles. The summed E-state index contributed by atoms with van der Waals surface area (Å²) in [5.74, 6) is 0.517. The van der Waals surface area contributed by atoms with Crippen molar-refractivity contribution >= 4 is 0 Å². The molecule has 1 aromatic carbocycles. The van der Waals surface area contributed by atoms with Gasteiger partial charge < -0.3 is 10.1 Å². The Morgan fingerprint density at radius 2 is 1.84 bits per heavy atom. The van der Waals surface area contributed by atoms with Crippen molar-refractivity contribution in [2.45, 2.75) is 37.5 Å². The molecule has 1 fully saturated rings. The number of halogens is 3. The van der Waals surface area contributed by atoms with Crippen LogP contribution in [0.4, 0.5) is 13.2 Å². The lowest BCUT2D eigenvalue weighted by atomic mass is 9.77. The Morgan fingerprint density at radius 3 is 2.26 bits per heavy atom. The topological polar surface area (TPSA) is 21.3 Å². The summed E-state index contributed by atoms with van der Waals surface area (Å²) < 4.78 is 43.3. The quantitative estimate of drug-likeness (QED) is 0.884. The van der Waals surface area contributed by atoms with Crippen LogP contribution in [0.3, 0.4) is 0 Å². The second-order valence-electron chi connectivity index (χ2n) is 5.01. The van der Waals surface area contributed by atoms with E-state index >= 15 is 0 Å². The number of ether oxygens (including phenoxy) is 1. The third kappa shape index (κ3) is 3.41. The van der Waals surface area contributed by atoms with Crippen LogP contribution in [-0.2, 0) is 6.18 Å². The van der Waals surface area contributed by atoms with Crippen LogP contribution in [0.25, 0.3) is 0 Å². The minimum atomic E-state index is -4.29. The molecule has 1 aromatic rings. The average molecular weight is 273 g/mol. The highest BCUT2D eigenvalue weighted by molar-refractivity contribution is 5.29. The van der Waals surface area contributed by atoms with Crippen LogP contribution in [0.2, 0.25) is 0 Å². The number of alkyl halides is 3. The van der Waals surface area contributed by atoms with Gasteiger partial charge in [0.25, 0.3) is 0 Å². The highest BCUT2D eigenvalue weighted by Crippen LogP contribution is 2.39. The van der Waals surface area contributed by atoms with Crippen molar-refractivity contribution < 1.29 is 17.9 Å². The highest BCUT2D eigenvalue weighted by atomic mass is 19.4. The van der Waals surface area contributed by atoms with Gasteiger partial charge >= 0.3 is 6.18 Å². The monoisotopic (exact) mass is 273 g/mol. The Balaban J connectivity index is 2.02. The molecule has 0 aliphatic heterocycles. The smallest absolute Gasteiger partial charge is 0.416 e. The van der Waals surface area contributed by atoms with E-state index in [0.717, 1.165) is 44.4 Å². The van der Waals surface area contributed by atoms with Crippen LogP contribution in [0, 0.1) is 0 Å². The van der Waals surface area contributed by atoms with E-state index in [2.05, 4.69) is 5.32 Å². The van der Waals surface area contributed by atoms with E-state index < -0.39 is 11.7 Å². The van der Waals surface area contributed by atoms with E-state index in [1.807, 2.05) is 7.05 Å². The van der Waals surface area contributed by atoms with E-state index in [1.54, 1.807) is 0 Å². The Morgan fingerprint density at radius 1 is 1.21 bits per heavy atom. The van der Waals surface area contributed by atoms with Crippen molar-refractivity contribution in [1.29, 1.82) is 0 Å². The van der Waals surface area contributed by atoms with Crippen molar-refractivity contribution in [3.05, 3.63) is 29.8 Å². The summed E-state index contributed by atoms with van der Waals surface area (Å²) in [6.45, 7) is 0.848. The number of rotatable bonds is 5. The summed E-state index contributed by atoms with van der Waals surface area (Å²) in [6, 6.07) is 4.95. The van der Waals surface area contributed by atoms with Crippen molar-refractivity contribution in [3.8, 4) is 5.75 Å². The van der Waals surface area contributed by atoms with E-state index in [-0.39, 0.29) is 5.60 Å². The van der Waals surface area contributed by atoms with Gasteiger partial charge in [-0.15, -0.1) is 0 Å². The third-order valence-electron chi connectivity index (χ3n) is 3.61. The fourth-order valence-corrected chi connectivity index (χ4v) is 2.29. The maximum Gasteiger partial charge on any atom is 0.416 e. The molecule has 0 atom stereocenters. The van der Waals surface area contributed by atoms with Gasteiger partial charge in [0.2, 0.25) is 0 Å². The molecule has 1 N–H and O–H groups in total. The van der Waals surface area contributed by atoms with E-state index in [1.165, 1.54) is 12.1 Å². The van der Waals surface area contributed by atoms with Crippen molar-refractivity contribution in [3.63, 3.8) is 0 Å². The number of hydrogen-bond acceptors (Lipinski definition) is 2. The minimum absolute atomic E-state index is 0.192.